The first-order valence-electron chi connectivity index (χ1n) is 9.59. The summed E-state index contributed by atoms with van der Waals surface area (Å²) in [5, 5.41) is 9.60. The van der Waals surface area contributed by atoms with Crippen molar-refractivity contribution in [3.63, 3.8) is 0 Å². The van der Waals surface area contributed by atoms with Crippen molar-refractivity contribution in [3.05, 3.63) is 71.5 Å². The molecule has 0 aliphatic carbocycles. The Kier molecular flexibility index (Phi) is 6.98. The molecule has 154 valence electrons. The molecule has 6 nitrogen and oxygen atoms in total. The van der Waals surface area contributed by atoms with Gasteiger partial charge in [-0.2, -0.15) is 0 Å². The van der Waals surface area contributed by atoms with E-state index in [1.165, 1.54) is 11.5 Å². The van der Waals surface area contributed by atoms with Crippen molar-refractivity contribution in [2.45, 2.75) is 20.5 Å². The van der Waals surface area contributed by atoms with Crippen LogP contribution in [0, 0.1) is 0 Å². The summed E-state index contributed by atoms with van der Waals surface area (Å²) in [7, 11) is 2.03. The molecule has 0 spiro atoms. The van der Waals surface area contributed by atoms with Gasteiger partial charge in [-0.25, -0.2) is 5.48 Å². The lowest BCUT2D eigenvalue weighted by Gasteiger charge is -2.16. The highest BCUT2D eigenvalue weighted by Gasteiger charge is 2.18. The van der Waals surface area contributed by atoms with Crippen molar-refractivity contribution in [3.8, 4) is 11.5 Å². The summed E-state index contributed by atoms with van der Waals surface area (Å²) in [6.07, 6.45) is 6.33. The van der Waals surface area contributed by atoms with Gasteiger partial charge in [-0.15, -0.1) is 0 Å². The molecule has 0 aliphatic rings. The molecule has 2 aromatic carbocycles. The van der Waals surface area contributed by atoms with E-state index in [2.05, 4.69) is 0 Å². The van der Waals surface area contributed by atoms with Crippen LogP contribution in [0.1, 0.15) is 25.0 Å². The largest absolute Gasteiger partial charge is 0.484 e. The van der Waals surface area contributed by atoms with E-state index in [4.69, 9.17) is 19.1 Å². The molecule has 0 unspecified atom stereocenters. The zero-order valence-electron chi connectivity index (χ0n) is 17.3. The number of hydroxylamine groups is 1. The average molecular weight is 405 g/mol. The fraction of sp³-hybridized carbons (Fsp3) is 0.174. The van der Waals surface area contributed by atoms with E-state index in [1.807, 2.05) is 64.2 Å². The molecule has 2 N–H and O–H groups in total. The zero-order chi connectivity index (χ0) is 21.5. The maximum absolute atomic E-state index is 11.5. The number of hydrogen-bond acceptors (Lipinski definition) is 5. The van der Waals surface area contributed by atoms with Crippen molar-refractivity contribution >= 4 is 36.3 Å². The van der Waals surface area contributed by atoms with Crippen molar-refractivity contribution < 1.29 is 23.9 Å². The van der Waals surface area contributed by atoms with E-state index in [1.54, 1.807) is 17.8 Å². The van der Waals surface area contributed by atoms with Crippen LogP contribution in [0.5, 0.6) is 11.5 Å². The predicted octanol–water partition coefficient (Wildman–Crippen LogP) is 3.13. The van der Waals surface area contributed by atoms with Gasteiger partial charge in [0.05, 0.1) is 6.26 Å². The van der Waals surface area contributed by atoms with E-state index in [0.717, 1.165) is 16.5 Å². The Balaban J connectivity index is 2.02. The number of allylic oxidation sites excluding steroid dienone is 1. The number of carbonyl (C=O) groups is 1. The van der Waals surface area contributed by atoms with Gasteiger partial charge in [0.15, 0.2) is 11.3 Å². The summed E-state index contributed by atoms with van der Waals surface area (Å²) in [5.41, 5.74) is 6.08. The highest BCUT2D eigenvalue weighted by Crippen LogP contribution is 2.41. The van der Waals surface area contributed by atoms with Crippen LogP contribution in [0.3, 0.4) is 0 Å². The summed E-state index contributed by atoms with van der Waals surface area (Å²) in [6.45, 7) is 4.66. The number of furan rings is 1. The summed E-state index contributed by atoms with van der Waals surface area (Å²) in [4.78, 5) is 11.5. The second kappa shape index (κ2) is 9.85. The number of amides is 1. The second-order valence-electron chi connectivity index (χ2n) is 7.14. The van der Waals surface area contributed by atoms with E-state index in [-0.39, 0.29) is 0 Å². The van der Waals surface area contributed by atoms with Crippen LogP contribution in [-0.4, -0.2) is 25.6 Å². The van der Waals surface area contributed by atoms with E-state index < -0.39 is 5.91 Å². The Morgan fingerprint density at radius 3 is 2.63 bits per heavy atom. The third-order valence-corrected chi connectivity index (χ3v) is 4.43. The van der Waals surface area contributed by atoms with Gasteiger partial charge in [0.25, 0.3) is 5.91 Å². The molecule has 1 aromatic heterocycles. The van der Waals surface area contributed by atoms with Crippen LogP contribution >= 0.6 is 0 Å². The highest BCUT2D eigenvalue weighted by molar-refractivity contribution is 6.32. The minimum absolute atomic E-state index is 0.318. The molecule has 0 aliphatic heterocycles. The summed E-state index contributed by atoms with van der Waals surface area (Å²) < 4.78 is 17.8. The monoisotopic (exact) mass is 405 g/mol. The maximum Gasteiger partial charge on any atom is 0.267 e. The van der Waals surface area contributed by atoms with Crippen LogP contribution < -0.4 is 20.4 Å². The molecule has 30 heavy (non-hydrogen) atoms. The minimum Gasteiger partial charge on any atom is -0.484 e. The number of fused-ring (bicyclic) bond motifs is 1. The molecule has 1 heterocycles. The lowest BCUT2D eigenvalue weighted by Crippen LogP contribution is -2.14. The Labute approximate surface area is 176 Å². The Morgan fingerprint density at radius 2 is 1.93 bits per heavy atom. The summed E-state index contributed by atoms with van der Waals surface area (Å²) in [5.74, 6) is 0.284. The van der Waals surface area contributed by atoms with Crippen LogP contribution in [0.2, 0.25) is 0 Å². The minimum atomic E-state index is -0.640. The van der Waals surface area contributed by atoms with Crippen LogP contribution in [0.25, 0.3) is 17.0 Å². The molecule has 0 bridgehead atoms. The van der Waals surface area contributed by atoms with Gasteiger partial charge >= 0.3 is 0 Å². The van der Waals surface area contributed by atoms with Gasteiger partial charge in [-0.05, 0) is 43.7 Å². The number of carbonyl (C=O) groups excluding carboxylic acids is 1. The second-order valence-corrected chi connectivity index (χ2v) is 7.14. The number of benzene rings is 2. The van der Waals surface area contributed by atoms with Gasteiger partial charge in [0, 0.05) is 17.0 Å². The van der Waals surface area contributed by atoms with Crippen LogP contribution in [-0.2, 0) is 11.4 Å². The fourth-order valence-corrected chi connectivity index (χ4v) is 2.82. The topological polar surface area (TPSA) is 80.9 Å². The third-order valence-electron chi connectivity index (χ3n) is 4.43. The highest BCUT2D eigenvalue weighted by atomic mass is 16.5. The zero-order valence-corrected chi connectivity index (χ0v) is 17.3. The standard InChI is InChI=1S/C23H24BNO5/c1-15(2)9-11-29-23-21-18(10-12-28-21)13-17(5-8-20(26)25-27)22(23)30-14-16-3-6-19(24)7-4-16/h3-10,12-13,27H,11,14,24H2,1-2H3,(H,25,26)/b8-5+. The molecule has 0 saturated carbocycles. The summed E-state index contributed by atoms with van der Waals surface area (Å²) in [6, 6.07) is 11.7. The van der Waals surface area contributed by atoms with Crippen molar-refractivity contribution in [2.24, 2.45) is 0 Å². The molecule has 7 heteroatoms. The van der Waals surface area contributed by atoms with Gasteiger partial charge in [0.1, 0.15) is 21.1 Å². The number of nitrogens with one attached hydrogen (secondary N) is 1. The maximum atomic E-state index is 11.5. The van der Waals surface area contributed by atoms with Crippen molar-refractivity contribution in [1.82, 2.24) is 5.48 Å². The number of ether oxygens (including phenoxy) is 2. The molecule has 0 atom stereocenters. The lowest BCUT2D eigenvalue weighted by molar-refractivity contribution is -0.124. The van der Waals surface area contributed by atoms with Gasteiger partial charge in [-0.1, -0.05) is 35.3 Å². The van der Waals surface area contributed by atoms with Crippen LogP contribution in [0.4, 0.5) is 0 Å². The van der Waals surface area contributed by atoms with Gasteiger partial charge in [0.2, 0.25) is 5.75 Å². The fourth-order valence-electron chi connectivity index (χ4n) is 2.82. The van der Waals surface area contributed by atoms with Gasteiger partial charge < -0.3 is 13.9 Å². The molecule has 3 rings (SSSR count). The quantitative estimate of drug-likeness (QED) is 0.198. The summed E-state index contributed by atoms with van der Waals surface area (Å²) >= 11 is 0. The van der Waals surface area contributed by atoms with Gasteiger partial charge in [-0.3, -0.25) is 10.0 Å². The first kappa shape index (κ1) is 21.3. The third kappa shape index (κ3) is 5.33. The molecule has 0 radical (unpaired) electrons. The Hall–Kier alpha value is -3.45. The lowest BCUT2D eigenvalue weighted by atomic mass is 9.95. The van der Waals surface area contributed by atoms with Crippen molar-refractivity contribution in [1.29, 1.82) is 0 Å². The van der Waals surface area contributed by atoms with E-state index >= 15 is 0 Å². The molecule has 1 amide bonds. The number of hydrogen-bond donors (Lipinski definition) is 2. The number of rotatable bonds is 8. The first-order valence-corrected chi connectivity index (χ1v) is 9.59. The SMILES string of the molecule is Bc1ccc(COc2c(/C=C/C(=O)NO)cc3ccoc3c2OCC=C(C)C)cc1. The van der Waals surface area contributed by atoms with Crippen LogP contribution in [0.15, 0.2) is 64.8 Å². The smallest absolute Gasteiger partial charge is 0.267 e. The molecule has 3 aromatic rings. The molecular formula is C23H24BNO5. The Bertz CT molecular complexity index is 1080. The molecule has 0 saturated heterocycles. The Morgan fingerprint density at radius 1 is 1.17 bits per heavy atom. The van der Waals surface area contributed by atoms with E-state index in [0.29, 0.717) is 35.9 Å². The van der Waals surface area contributed by atoms with Crippen molar-refractivity contribution in [2.75, 3.05) is 6.61 Å². The average Bonchev–Trinajstić information content (AvgIpc) is 3.20. The first-order chi connectivity index (χ1) is 14.5. The normalized spacial score (nSPS) is 10.9. The van der Waals surface area contributed by atoms with E-state index in [9.17, 15) is 4.79 Å². The molecular weight excluding hydrogens is 381 g/mol. The predicted molar refractivity (Wildman–Crippen MR) is 119 cm³/mol. The molecule has 0 fully saturated rings.